The fourth-order valence-corrected chi connectivity index (χ4v) is 3.16. The van der Waals surface area contributed by atoms with E-state index in [-0.39, 0.29) is 5.78 Å². The minimum absolute atomic E-state index is 0.243. The van der Waals surface area contributed by atoms with Gasteiger partial charge in [-0.1, -0.05) is 12.1 Å². The van der Waals surface area contributed by atoms with Crippen molar-refractivity contribution in [1.29, 1.82) is 0 Å². The van der Waals surface area contributed by atoms with Crippen LogP contribution in [0, 0.1) is 0 Å². The molecule has 0 amide bonds. The minimum atomic E-state index is -0.472. The molecule has 27 heavy (non-hydrogen) atoms. The topological polar surface area (TPSA) is 81.3 Å². The van der Waals surface area contributed by atoms with Gasteiger partial charge in [0.2, 0.25) is 0 Å². The number of esters is 1. The standard InChI is InChI=1S/C21H18N2O4/c1-26-21(25)18-7-4-14(13-2-5-16(24)6-3-13)11-19(18)27-17-10-15-8-9-22-20(15)23-12-17/h2,4,7-12H,3,5-6H2,1H3,(H,22,23). The van der Waals surface area contributed by atoms with Crippen LogP contribution in [-0.4, -0.2) is 28.8 Å². The van der Waals surface area contributed by atoms with Crippen LogP contribution in [0.3, 0.4) is 0 Å². The molecule has 0 fully saturated rings. The van der Waals surface area contributed by atoms with E-state index in [1.807, 2.05) is 30.3 Å². The average molecular weight is 362 g/mol. The summed E-state index contributed by atoms with van der Waals surface area (Å²) in [6.07, 6.45) is 7.01. The number of benzene rings is 1. The van der Waals surface area contributed by atoms with Gasteiger partial charge in [0.15, 0.2) is 0 Å². The number of ketones is 1. The minimum Gasteiger partial charge on any atom is -0.465 e. The molecule has 136 valence electrons. The van der Waals surface area contributed by atoms with Crippen LogP contribution in [0.5, 0.6) is 11.5 Å². The zero-order chi connectivity index (χ0) is 18.8. The van der Waals surface area contributed by atoms with Gasteiger partial charge >= 0.3 is 5.97 Å². The first-order valence-electron chi connectivity index (χ1n) is 8.68. The second-order valence-corrected chi connectivity index (χ2v) is 6.36. The largest absolute Gasteiger partial charge is 0.465 e. The monoisotopic (exact) mass is 362 g/mol. The van der Waals surface area contributed by atoms with Crippen LogP contribution >= 0.6 is 0 Å². The van der Waals surface area contributed by atoms with E-state index in [0.717, 1.165) is 22.2 Å². The summed E-state index contributed by atoms with van der Waals surface area (Å²) >= 11 is 0. The lowest BCUT2D eigenvalue weighted by Crippen LogP contribution is -2.06. The number of hydrogen-bond donors (Lipinski definition) is 1. The van der Waals surface area contributed by atoms with Gasteiger partial charge in [0.1, 0.15) is 28.5 Å². The Labute approximate surface area is 155 Å². The summed E-state index contributed by atoms with van der Waals surface area (Å²) in [7, 11) is 1.34. The van der Waals surface area contributed by atoms with Crippen LogP contribution < -0.4 is 4.74 Å². The summed E-state index contributed by atoms with van der Waals surface area (Å²) in [5, 5.41) is 0.914. The van der Waals surface area contributed by atoms with E-state index in [2.05, 4.69) is 9.97 Å². The first kappa shape index (κ1) is 17.0. The van der Waals surface area contributed by atoms with Crippen LogP contribution in [-0.2, 0) is 9.53 Å². The number of carbonyl (C=O) groups is 2. The second kappa shape index (κ2) is 7.07. The molecule has 0 radical (unpaired) electrons. The zero-order valence-corrected chi connectivity index (χ0v) is 14.8. The van der Waals surface area contributed by atoms with Crippen molar-refractivity contribution in [3.05, 3.63) is 59.9 Å². The fraction of sp³-hybridized carbons (Fsp3) is 0.190. The number of carbonyl (C=O) groups excluding carboxylic acids is 2. The molecule has 6 nitrogen and oxygen atoms in total. The number of pyridine rings is 1. The Kier molecular flexibility index (Phi) is 4.46. The smallest absolute Gasteiger partial charge is 0.341 e. The number of nitrogens with one attached hydrogen (secondary N) is 1. The van der Waals surface area contributed by atoms with E-state index in [0.29, 0.717) is 36.3 Å². The number of rotatable bonds is 4. The normalized spacial score (nSPS) is 14.1. The number of allylic oxidation sites excluding steroid dienone is 2. The summed E-state index contributed by atoms with van der Waals surface area (Å²) in [5.41, 5.74) is 3.11. The Morgan fingerprint density at radius 1 is 1.19 bits per heavy atom. The lowest BCUT2D eigenvalue weighted by atomic mass is 9.92. The van der Waals surface area contributed by atoms with Crippen LogP contribution in [0.25, 0.3) is 16.6 Å². The molecule has 0 unspecified atom stereocenters. The molecule has 0 bridgehead atoms. The van der Waals surface area contributed by atoms with Crippen LogP contribution in [0.4, 0.5) is 0 Å². The van der Waals surface area contributed by atoms with Gasteiger partial charge in [-0.2, -0.15) is 0 Å². The number of ether oxygens (including phenoxy) is 2. The maximum absolute atomic E-state index is 12.1. The highest BCUT2D eigenvalue weighted by Crippen LogP contribution is 2.33. The van der Waals surface area contributed by atoms with Crippen molar-refractivity contribution in [3.8, 4) is 11.5 Å². The van der Waals surface area contributed by atoms with Crippen molar-refractivity contribution in [2.75, 3.05) is 7.11 Å². The van der Waals surface area contributed by atoms with Gasteiger partial charge in [-0.05, 0) is 41.8 Å². The summed E-state index contributed by atoms with van der Waals surface area (Å²) in [6, 6.07) is 9.11. The maximum atomic E-state index is 12.1. The van der Waals surface area contributed by atoms with E-state index in [9.17, 15) is 9.59 Å². The Morgan fingerprint density at radius 3 is 2.85 bits per heavy atom. The van der Waals surface area contributed by atoms with Gasteiger partial charge in [0.25, 0.3) is 0 Å². The molecule has 4 rings (SSSR count). The first-order valence-corrected chi connectivity index (χ1v) is 8.68. The third kappa shape index (κ3) is 3.46. The number of methoxy groups -OCH3 is 1. The molecule has 1 aliphatic carbocycles. The summed E-state index contributed by atoms with van der Waals surface area (Å²) in [5.74, 6) is 0.693. The predicted molar refractivity (Wildman–Crippen MR) is 101 cm³/mol. The molecule has 0 aliphatic heterocycles. The van der Waals surface area contributed by atoms with E-state index in [1.54, 1.807) is 18.5 Å². The second-order valence-electron chi connectivity index (χ2n) is 6.36. The third-order valence-corrected chi connectivity index (χ3v) is 4.61. The number of H-pyrrole nitrogens is 1. The first-order chi connectivity index (χ1) is 13.1. The Bertz CT molecular complexity index is 1060. The molecule has 3 aromatic rings. The quantitative estimate of drug-likeness (QED) is 0.701. The molecule has 1 aromatic carbocycles. The van der Waals surface area contributed by atoms with E-state index in [4.69, 9.17) is 9.47 Å². The lowest BCUT2D eigenvalue weighted by molar-refractivity contribution is -0.118. The highest BCUT2D eigenvalue weighted by Gasteiger charge is 2.18. The predicted octanol–water partition coefficient (Wildman–Crippen LogP) is 4.28. The highest BCUT2D eigenvalue weighted by atomic mass is 16.5. The highest BCUT2D eigenvalue weighted by molar-refractivity contribution is 5.94. The SMILES string of the molecule is COC(=O)c1ccc(C2=CCC(=O)CC2)cc1Oc1cnc2[nH]ccc2c1. The summed E-state index contributed by atoms with van der Waals surface area (Å²) in [6.45, 7) is 0. The van der Waals surface area contributed by atoms with Crippen molar-refractivity contribution in [1.82, 2.24) is 9.97 Å². The van der Waals surface area contributed by atoms with Gasteiger partial charge < -0.3 is 14.5 Å². The molecule has 2 heterocycles. The van der Waals surface area contributed by atoms with Crippen molar-refractivity contribution in [3.63, 3.8) is 0 Å². The van der Waals surface area contributed by atoms with Gasteiger partial charge in [0, 0.05) is 24.4 Å². The fourth-order valence-electron chi connectivity index (χ4n) is 3.16. The summed E-state index contributed by atoms with van der Waals surface area (Å²) in [4.78, 5) is 31.0. The van der Waals surface area contributed by atoms with Gasteiger partial charge in [0.05, 0.1) is 13.3 Å². The molecule has 0 spiro atoms. The number of hydrogen-bond acceptors (Lipinski definition) is 5. The Hall–Kier alpha value is -3.41. The van der Waals surface area contributed by atoms with Gasteiger partial charge in [-0.3, -0.25) is 4.79 Å². The lowest BCUT2D eigenvalue weighted by Gasteiger charge is -2.15. The van der Waals surface area contributed by atoms with E-state index < -0.39 is 5.97 Å². The molecule has 0 atom stereocenters. The Morgan fingerprint density at radius 2 is 2.07 bits per heavy atom. The molecule has 1 aliphatic rings. The number of aromatic amines is 1. The van der Waals surface area contributed by atoms with Crippen LogP contribution in [0.2, 0.25) is 0 Å². The molecule has 0 saturated carbocycles. The van der Waals surface area contributed by atoms with Gasteiger partial charge in [-0.25, -0.2) is 9.78 Å². The molecular weight excluding hydrogens is 344 g/mol. The van der Waals surface area contributed by atoms with Gasteiger partial charge in [-0.15, -0.1) is 0 Å². The van der Waals surface area contributed by atoms with Crippen molar-refractivity contribution < 1.29 is 19.1 Å². The van der Waals surface area contributed by atoms with Crippen LogP contribution in [0.15, 0.2) is 48.8 Å². The maximum Gasteiger partial charge on any atom is 0.341 e. The summed E-state index contributed by atoms with van der Waals surface area (Å²) < 4.78 is 10.9. The molecule has 0 saturated heterocycles. The number of Topliss-reactive ketones (excluding diaryl/α,β-unsaturated/α-hetero) is 1. The van der Waals surface area contributed by atoms with E-state index in [1.165, 1.54) is 7.11 Å². The molecule has 1 N–H and O–H groups in total. The number of nitrogens with zero attached hydrogens (tertiary/aromatic N) is 1. The Balaban J connectivity index is 1.72. The number of fused-ring (bicyclic) bond motifs is 1. The zero-order valence-electron chi connectivity index (χ0n) is 14.8. The third-order valence-electron chi connectivity index (χ3n) is 4.61. The molecule has 6 heteroatoms. The van der Waals surface area contributed by atoms with Crippen molar-refractivity contribution in [2.45, 2.75) is 19.3 Å². The average Bonchev–Trinajstić information content (AvgIpc) is 3.16. The molecular formula is C21H18N2O4. The molecule has 2 aromatic heterocycles. The van der Waals surface area contributed by atoms with Crippen molar-refractivity contribution >= 4 is 28.4 Å². The van der Waals surface area contributed by atoms with E-state index >= 15 is 0 Å². The van der Waals surface area contributed by atoms with Crippen molar-refractivity contribution in [2.24, 2.45) is 0 Å². The van der Waals surface area contributed by atoms with Crippen LogP contribution in [0.1, 0.15) is 35.2 Å². The number of aromatic nitrogens is 2.